The van der Waals surface area contributed by atoms with E-state index in [1.165, 1.54) is 0 Å². The summed E-state index contributed by atoms with van der Waals surface area (Å²) in [4.78, 5) is 36.7. The standard InChI is InChI=1S/C24H27NO5/c26-21(13-14-23(27)30-24(28)20-12-7-15-25-20)22(16-18-8-3-1-4-9-18)29-17-19-10-5-2-6-11-19/h1-6,8-11,20,22,25H,7,12-17H2/t20-,22-/m0/s1. The second-order valence-corrected chi connectivity index (χ2v) is 7.38. The second kappa shape index (κ2) is 11.4. The molecular formula is C24H27NO5. The summed E-state index contributed by atoms with van der Waals surface area (Å²) in [6, 6.07) is 18.8. The molecule has 1 heterocycles. The molecule has 3 rings (SSSR count). The van der Waals surface area contributed by atoms with E-state index in [2.05, 4.69) is 5.32 Å². The zero-order chi connectivity index (χ0) is 21.2. The average molecular weight is 409 g/mol. The summed E-state index contributed by atoms with van der Waals surface area (Å²) >= 11 is 0. The van der Waals surface area contributed by atoms with Gasteiger partial charge in [-0.3, -0.25) is 9.59 Å². The quantitative estimate of drug-likeness (QED) is 0.480. The van der Waals surface area contributed by atoms with Gasteiger partial charge in [-0.1, -0.05) is 60.7 Å². The lowest BCUT2D eigenvalue weighted by Gasteiger charge is -2.17. The highest BCUT2D eigenvalue weighted by atomic mass is 16.6. The molecule has 1 aliphatic rings. The number of hydrogen-bond donors (Lipinski definition) is 1. The number of rotatable bonds is 10. The van der Waals surface area contributed by atoms with E-state index in [4.69, 9.17) is 9.47 Å². The third-order valence-corrected chi connectivity index (χ3v) is 5.05. The number of ether oxygens (including phenoxy) is 2. The molecule has 0 radical (unpaired) electrons. The van der Waals surface area contributed by atoms with Crippen LogP contribution in [0.2, 0.25) is 0 Å². The maximum atomic E-state index is 12.8. The Kier molecular flexibility index (Phi) is 8.30. The third kappa shape index (κ3) is 6.90. The molecule has 30 heavy (non-hydrogen) atoms. The Hall–Kier alpha value is -2.83. The predicted molar refractivity (Wildman–Crippen MR) is 112 cm³/mol. The molecule has 0 aromatic heterocycles. The van der Waals surface area contributed by atoms with Gasteiger partial charge in [-0.25, -0.2) is 4.79 Å². The van der Waals surface area contributed by atoms with E-state index in [1.807, 2.05) is 60.7 Å². The van der Waals surface area contributed by atoms with Crippen molar-refractivity contribution in [2.75, 3.05) is 6.54 Å². The Morgan fingerprint density at radius 3 is 2.23 bits per heavy atom. The average Bonchev–Trinajstić information content (AvgIpc) is 3.31. The van der Waals surface area contributed by atoms with Crippen molar-refractivity contribution in [3.8, 4) is 0 Å². The van der Waals surface area contributed by atoms with E-state index in [1.54, 1.807) is 0 Å². The summed E-state index contributed by atoms with van der Waals surface area (Å²) in [5.41, 5.74) is 1.95. The van der Waals surface area contributed by atoms with Gasteiger partial charge in [0, 0.05) is 12.8 Å². The first kappa shape index (κ1) is 21.9. The van der Waals surface area contributed by atoms with E-state index < -0.39 is 24.1 Å². The summed E-state index contributed by atoms with van der Waals surface area (Å²) in [5.74, 6) is -1.42. The van der Waals surface area contributed by atoms with Crippen molar-refractivity contribution in [2.24, 2.45) is 0 Å². The molecule has 6 nitrogen and oxygen atoms in total. The van der Waals surface area contributed by atoms with Crippen LogP contribution in [0.15, 0.2) is 60.7 Å². The van der Waals surface area contributed by atoms with Gasteiger partial charge in [-0.05, 0) is 30.5 Å². The fraction of sp³-hybridized carbons (Fsp3) is 0.375. The van der Waals surface area contributed by atoms with Gasteiger partial charge in [-0.2, -0.15) is 0 Å². The smallest absolute Gasteiger partial charge is 0.330 e. The molecule has 2 aromatic rings. The molecule has 1 saturated heterocycles. The number of nitrogens with one attached hydrogen (secondary N) is 1. The maximum absolute atomic E-state index is 12.8. The maximum Gasteiger partial charge on any atom is 0.330 e. The molecule has 0 amide bonds. The highest BCUT2D eigenvalue weighted by molar-refractivity contribution is 5.91. The van der Waals surface area contributed by atoms with Gasteiger partial charge in [-0.15, -0.1) is 0 Å². The van der Waals surface area contributed by atoms with Crippen LogP contribution in [0.25, 0.3) is 0 Å². The largest absolute Gasteiger partial charge is 0.392 e. The van der Waals surface area contributed by atoms with Crippen molar-refractivity contribution in [3.63, 3.8) is 0 Å². The van der Waals surface area contributed by atoms with Crippen LogP contribution in [-0.4, -0.2) is 36.4 Å². The van der Waals surface area contributed by atoms with Gasteiger partial charge in [0.05, 0.1) is 13.0 Å². The number of esters is 2. The Morgan fingerprint density at radius 1 is 0.933 bits per heavy atom. The first-order valence-electron chi connectivity index (χ1n) is 10.3. The van der Waals surface area contributed by atoms with E-state index in [9.17, 15) is 14.4 Å². The molecule has 1 N–H and O–H groups in total. The Morgan fingerprint density at radius 2 is 1.60 bits per heavy atom. The van der Waals surface area contributed by atoms with Crippen LogP contribution >= 0.6 is 0 Å². The fourth-order valence-corrected chi connectivity index (χ4v) is 3.37. The lowest BCUT2D eigenvalue weighted by atomic mass is 10.0. The van der Waals surface area contributed by atoms with Crippen molar-refractivity contribution >= 4 is 17.7 Å². The van der Waals surface area contributed by atoms with Gasteiger partial charge < -0.3 is 14.8 Å². The zero-order valence-corrected chi connectivity index (χ0v) is 16.9. The van der Waals surface area contributed by atoms with Crippen LogP contribution < -0.4 is 5.32 Å². The lowest BCUT2D eigenvalue weighted by Crippen LogP contribution is -2.34. The highest BCUT2D eigenvalue weighted by Gasteiger charge is 2.26. The number of carbonyl (C=O) groups excluding carboxylic acids is 3. The third-order valence-electron chi connectivity index (χ3n) is 5.05. The summed E-state index contributed by atoms with van der Waals surface area (Å²) in [6.07, 6.45) is 1.12. The van der Waals surface area contributed by atoms with Crippen molar-refractivity contribution in [3.05, 3.63) is 71.8 Å². The van der Waals surface area contributed by atoms with Crippen molar-refractivity contribution in [1.82, 2.24) is 5.32 Å². The van der Waals surface area contributed by atoms with E-state index in [-0.39, 0.29) is 18.6 Å². The summed E-state index contributed by atoms with van der Waals surface area (Å²) in [7, 11) is 0. The van der Waals surface area contributed by atoms with Crippen LogP contribution in [0.5, 0.6) is 0 Å². The van der Waals surface area contributed by atoms with E-state index in [0.717, 1.165) is 24.1 Å². The topological polar surface area (TPSA) is 81.7 Å². The highest BCUT2D eigenvalue weighted by Crippen LogP contribution is 2.14. The van der Waals surface area contributed by atoms with Crippen LogP contribution in [-0.2, 0) is 36.9 Å². The molecule has 2 aromatic carbocycles. The molecule has 158 valence electrons. The molecule has 0 aliphatic carbocycles. The minimum atomic E-state index is -0.677. The minimum absolute atomic E-state index is 0.0313. The molecule has 0 saturated carbocycles. The summed E-state index contributed by atoms with van der Waals surface area (Å²) in [5, 5.41) is 2.99. The van der Waals surface area contributed by atoms with Crippen LogP contribution in [0, 0.1) is 0 Å². The van der Waals surface area contributed by atoms with E-state index >= 15 is 0 Å². The second-order valence-electron chi connectivity index (χ2n) is 7.38. The van der Waals surface area contributed by atoms with Crippen molar-refractivity contribution in [1.29, 1.82) is 0 Å². The molecule has 2 atom stereocenters. The Labute approximate surface area is 176 Å². The summed E-state index contributed by atoms with van der Waals surface area (Å²) < 4.78 is 10.8. The SMILES string of the molecule is O=C(CCC(=O)[C@H](Cc1ccccc1)OCc1ccccc1)OC(=O)[C@@H]1CCCN1. The molecular weight excluding hydrogens is 382 g/mol. The minimum Gasteiger partial charge on any atom is -0.392 e. The van der Waals surface area contributed by atoms with E-state index in [0.29, 0.717) is 19.4 Å². The van der Waals surface area contributed by atoms with Gasteiger partial charge in [0.15, 0.2) is 5.78 Å². The lowest BCUT2D eigenvalue weighted by molar-refractivity contribution is -0.161. The number of carbonyl (C=O) groups is 3. The predicted octanol–water partition coefficient (Wildman–Crippen LogP) is 2.99. The molecule has 0 spiro atoms. The number of ketones is 1. The summed E-state index contributed by atoms with van der Waals surface area (Å²) in [6.45, 7) is 1.05. The number of hydrogen-bond acceptors (Lipinski definition) is 6. The first-order valence-corrected chi connectivity index (χ1v) is 10.3. The molecule has 6 heteroatoms. The van der Waals surface area contributed by atoms with Crippen LogP contribution in [0.1, 0.15) is 36.8 Å². The first-order chi connectivity index (χ1) is 14.6. The molecule has 1 aliphatic heterocycles. The monoisotopic (exact) mass is 409 g/mol. The molecule has 0 unspecified atom stereocenters. The van der Waals surface area contributed by atoms with Crippen LogP contribution in [0.3, 0.4) is 0 Å². The van der Waals surface area contributed by atoms with Crippen molar-refractivity contribution in [2.45, 2.75) is 50.9 Å². The molecule has 1 fully saturated rings. The fourth-order valence-electron chi connectivity index (χ4n) is 3.37. The van der Waals surface area contributed by atoms with Crippen molar-refractivity contribution < 1.29 is 23.9 Å². The van der Waals surface area contributed by atoms with Crippen LogP contribution in [0.4, 0.5) is 0 Å². The zero-order valence-electron chi connectivity index (χ0n) is 16.9. The van der Waals surface area contributed by atoms with Gasteiger partial charge in [0.2, 0.25) is 0 Å². The number of benzene rings is 2. The number of Topliss-reactive ketones (excluding diaryl/α,β-unsaturated/α-hetero) is 1. The normalized spacial score (nSPS) is 16.7. The Balaban J connectivity index is 1.53. The Bertz CT molecular complexity index is 831. The van der Waals surface area contributed by atoms with Gasteiger partial charge >= 0.3 is 11.9 Å². The van der Waals surface area contributed by atoms with Gasteiger partial charge in [0.25, 0.3) is 0 Å². The molecule has 0 bridgehead atoms. The van der Waals surface area contributed by atoms with Gasteiger partial charge in [0.1, 0.15) is 12.1 Å².